The molecule has 0 unspecified atom stereocenters. The summed E-state index contributed by atoms with van der Waals surface area (Å²) in [6.45, 7) is 0.0818. The SMILES string of the molecule is COc1ccc(Cl)c2sc(N(Cc3ccccn3)C(=O)c3ccc(F)c(F)c3)nc12. The van der Waals surface area contributed by atoms with E-state index in [4.69, 9.17) is 16.3 Å². The van der Waals surface area contributed by atoms with Crippen molar-refractivity contribution in [1.29, 1.82) is 0 Å². The molecule has 0 saturated carbocycles. The van der Waals surface area contributed by atoms with Crippen LogP contribution < -0.4 is 9.64 Å². The fourth-order valence-corrected chi connectivity index (χ4v) is 4.14. The molecule has 0 aliphatic rings. The average molecular weight is 446 g/mol. The van der Waals surface area contributed by atoms with Crippen LogP contribution in [0.5, 0.6) is 5.75 Å². The maximum absolute atomic E-state index is 13.7. The summed E-state index contributed by atoms with van der Waals surface area (Å²) in [5, 5.41) is 0.796. The van der Waals surface area contributed by atoms with E-state index in [2.05, 4.69) is 9.97 Å². The number of anilines is 1. The third-order valence-electron chi connectivity index (χ3n) is 4.36. The normalized spacial score (nSPS) is 10.9. The van der Waals surface area contributed by atoms with E-state index in [9.17, 15) is 13.6 Å². The second-order valence-electron chi connectivity index (χ2n) is 6.27. The molecule has 0 atom stereocenters. The van der Waals surface area contributed by atoms with Gasteiger partial charge < -0.3 is 4.74 Å². The van der Waals surface area contributed by atoms with E-state index >= 15 is 0 Å². The van der Waals surface area contributed by atoms with Crippen LogP contribution in [-0.4, -0.2) is 23.0 Å². The first-order chi connectivity index (χ1) is 14.5. The van der Waals surface area contributed by atoms with Crippen molar-refractivity contribution < 1.29 is 18.3 Å². The lowest BCUT2D eigenvalue weighted by Gasteiger charge is -2.19. The lowest BCUT2D eigenvalue weighted by Crippen LogP contribution is -2.30. The summed E-state index contributed by atoms with van der Waals surface area (Å²) in [5.41, 5.74) is 1.10. The number of hydrogen-bond donors (Lipinski definition) is 0. The number of nitrogens with zero attached hydrogens (tertiary/aromatic N) is 3. The molecule has 1 amide bonds. The Morgan fingerprint density at radius 3 is 2.70 bits per heavy atom. The van der Waals surface area contributed by atoms with Crippen LogP contribution in [0.15, 0.2) is 54.7 Å². The molecule has 4 aromatic rings. The van der Waals surface area contributed by atoms with Gasteiger partial charge in [0.25, 0.3) is 5.91 Å². The van der Waals surface area contributed by atoms with Crippen molar-refractivity contribution in [2.24, 2.45) is 0 Å². The van der Waals surface area contributed by atoms with Crippen molar-refractivity contribution in [3.8, 4) is 5.75 Å². The van der Waals surface area contributed by atoms with Gasteiger partial charge >= 0.3 is 0 Å². The molecule has 30 heavy (non-hydrogen) atoms. The van der Waals surface area contributed by atoms with Gasteiger partial charge in [-0.05, 0) is 42.5 Å². The summed E-state index contributed by atoms with van der Waals surface area (Å²) in [6, 6.07) is 11.7. The van der Waals surface area contributed by atoms with Crippen LogP contribution in [0, 0.1) is 11.6 Å². The van der Waals surface area contributed by atoms with Crippen LogP contribution in [0.25, 0.3) is 10.2 Å². The molecule has 2 aromatic carbocycles. The molecule has 9 heteroatoms. The van der Waals surface area contributed by atoms with Crippen LogP contribution in [-0.2, 0) is 6.54 Å². The molecule has 0 aliphatic heterocycles. The highest BCUT2D eigenvalue weighted by Gasteiger charge is 2.24. The summed E-state index contributed by atoms with van der Waals surface area (Å²) >= 11 is 7.50. The van der Waals surface area contributed by atoms with Gasteiger partial charge in [0.1, 0.15) is 11.3 Å². The minimum absolute atomic E-state index is 0.0119. The summed E-state index contributed by atoms with van der Waals surface area (Å²) in [6.07, 6.45) is 1.60. The number of benzene rings is 2. The predicted octanol–water partition coefficient (Wildman–Crippen LogP) is 5.48. The molecule has 0 bridgehead atoms. The summed E-state index contributed by atoms with van der Waals surface area (Å²) in [7, 11) is 1.51. The Balaban J connectivity index is 1.83. The molecule has 0 spiro atoms. The van der Waals surface area contributed by atoms with Crippen LogP contribution in [0.3, 0.4) is 0 Å². The quantitative estimate of drug-likeness (QED) is 0.408. The van der Waals surface area contributed by atoms with Crippen LogP contribution in [0.1, 0.15) is 16.1 Å². The van der Waals surface area contributed by atoms with Crippen molar-refractivity contribution in [3.05, 3.63) is 82.6 Å². The highest BCUT2D eigenvalue weighted by Crippen LogP contribution is 2.39. The van der Waals surface area contributed by atoms with E-state index in [0.29, 0.717) is 31.8 Å². The van der Waals surface area contributed by atoms with Gasteiger partial charge in [-0.1, -0.05) is 29.0 Å². The van der Waals surface area contributed by atoms with Crippen molar-refractivity contribution in [2.45, 2.75) is 6.54 Å². The van der Waals surface area contributed by atoms with E-state index in [1.54, 1.807) is 36.5 Å². The number of thiazole rings is 1. The Kier molecular flexibility index (Phi) is 5.61. The van der Waals surface area contributed by atoms with Gasteiger partial charge in [-0.15, -0.1) is 0 Å². The van der Waals surface area contributed by atoms with Gasteiger partial charge in [0.05, 0.1) is 29.1 Å². The minimum Gasteiger partial charge on any atom is -0.494 e. The number of methoxy groups -OCH3 is 1. The number of halogens is 3. The van der Waals surface area contributed by atoms with Crippen molar-refractivity contribution >= 4 is 44.2 Å². The Morgan fingerprint density at radius 1 is 1.17 bits per heavy atom. The fourth-order valence-electron chi connectivity index (χ4n) is 2.89. The number of rotatable bonds is 5. The first-order valence-electron chi connectivity index (χ1n) is 8.78. The highest BCUT2D eigenvalue weighted by molar-refractivity contribution is 7.23. The third kappa shape index (κ3) is 3.83. The summed E-state index contributed by atoms with van der Waals surface area (Å²) in [4.78, 5) is 23.4. The van der Waals surface area contributed by atoms with Gasteiger partial charge in [0, 0.05) is 11.8 Å². The first-order valence-corrected chi connectivity index (χ1v) is 9.97. The molecule has 152 valence electrons. The first kappa shape index (κ1) is 20.2. The van der Waals surface area contributed by atoms with E-state index in [1.165, 1.54) is 29.4 Å². The molecule has 2 heterocycles. The molecule has 0 N–H and O–H groups in total. The second-order valence-corrected chi connectivity index (χ2v) is 7.65. The average Bonchev–Trinajstić information content (AvgIpc) is 3.21. The molecule has 0 aliphatic carbocycles. The number of carbonyl (C=O) groups excluding carboxylic acids is 1. The molecule has 4 rings (SSSR count). The maximum atomic E-state index is 13.7. The third-order valence-corrected chi connectivity index (χ3v) is 5.89. The predicted molar refractivity (Wildman–Crippen MR) is 112 cm³/mol. The van der Waals surface area contributed by atoms with Crippen molar-refractivity contribution in [1.82, 2.24) is 9.97 Å². The second kappa shape index (κ2) is 8.33. The Morgan fingerprint density at radius 2 is 2.00 bits per heavy atom. The van der Waals surface area contributed by atoms with E-state index in [0.717, 1.165) is 12.1 Å². The largest absolute Gasteiger partial charge is 0.494 e. The number of ether oxygens (including phenoxy) is 1. The zero-order valence-electron chi connectivity index (χ0n) is 15.6. The van der Waals surface area contributed by atoms with Crippen molar-refractivity contribution in [3.63, 3.8) is 0 Å². The van der Waals surface area contributed by atoms with E-state index < -0.39 is 17.5 Å². The zero-order valence-corrected chi connectivity index (χ0v) is 17.2. The van der Waals surface area contributed by atoms with E-state index in [1.807, 2.05) is 0 Å². The molecule has 0 radical (unpaired) electrons. The van der Waals surface area contributed by atoms with Crippen LogP contribution in [0.4, 0.5) is 13.9 Å². The topological polar surface area (TPSA) is 55.3 Å². The zero-order chi connectivity index (χ0) is 21.3. The lowest BCUT2D eigenvalue weighted by molar-refractivity contribution is 0.0984. The highest BCUT2D eigenvalue weighted by atomic mass is 35.5. The molecular formula is C21H14ClF2N3O2S. The van der Waals surface area contributed by atoms with Gasteiger partial charge in [-0.3, -0.25) is 14.7 Å². The number of fused-ring (bicyclic) bond motifs is 1. The Hall–Kier alpha value is -3.10. The van der Waals surface area contributed by atoms with Gasteiger partial charge in [-0.25, -0.2) is 13.8 Å². The Bertz CT molecular complexity index is 1230. The summed E-state index contributed by atoms with van der Waals surface area (Å²) < 4.78 is 33.1. The van der Waals surface area contributed by atoms with Gasteiger partial charge in [-0.2, -0.15) is 0 Å². The Labute approximate surface area is 179 Å². The number of pyridine rings is 1. The van der Waals surface area contributed by atoms with Crippen LogP contribution >= 0.6 is 22.9 Å². The standard InChI is InChI=1S/C21H14ClF2N3O2S/c1-29-17-8-6-14(22)19-18(17)26-21(30-19)27(11-13-4-2-3-9-25-13)20(28)12-5-7-15(23)16(24)10-12/h2-10H,11H2,1H3. The van der Waals surface area contributed by atoms with Crippen LogP contribution in [0.2, 0.25) is 5.02 Å². The van der Waals surface area contributed by atoms with E-state index in [-0.39, 0.29) is 12.1 Å². The number of amides is 1. The summed E-state index contributed by atoms with van der Waals surface area (Å²) in [5.74, 6) is -2.17. The number of hydrogen-bond acceptors (Lipinski definition) is 5. The van der Waals surface area contributed by atoms with Gasteiger partial charge in [0.2, 0.25) is 0 Å². The maximum Gasteiger partial charge on any atom is 0.260 e. The number of aromatic nitrogens is 2. The molecular weight excluding hydrogens is 432 g/mol. The van der Waals surface area contributed by atoms with Gasteiger partial charge in [0.15, 0.2) is 16.8 Å². The smallest absolute Gasteiger partial charge is 0.260 e. The molecule has 2 aromatic heterocycles. The molecule has 0 saturated heterocycles. The monoisotopic (exact) mass is 445 g/mol. The molecule has 0 fully saturated rings. The lowest BCUT2D eigenvalue weighted by atomic mass is 10.2. The minimum atomic E-state index is -1.10. The van der Waals surface area contributed by atoms with Crippen molar-refractivity contribution in [2.75, 3.05) is 12.0 Å². The number of carbonyl (C=O) groups is 1. The fraction of sp³-hybridized carbons (Fsp3) is 0.0952. The molecule has 5 nitrogen and oxygen atoms in total.